The molecule has 11 heteroatoms. The molecular formula is C22H14F2N6O2S. The molecule has 4 heterocycles. The van der Waals surface area contributed by atoms with Crippen molar-refractivity contribution in [2.75, 3.05) is 0 Å². The van der Waals surface area contributed by atoms with E-state index in [9.17, 15) is 18.7 Å². The van der Waals surface area contributed by atoms with Crippen LogP contribution in [-0.2, 0) is 24.2 Å². The topological polar surface area (TPSA) is 106 Å². The number of nitrogens with zero attached hydrogens (tertiary/aromatic N) is 6. The lowest BCUT2D eigenvalue weighted by Gasteiger charge is -2.13. The van der Waals surface area contributed by atoms with Gasteiger partial charge in [0.05, 0.1) is 17.2 Å². The predicted octanol–water partition coefficient (Wildman–Crippen LogP) is 3.21. The van der Waals surface area contributed by atoms with Gasteiger partial charge in [0.25, 0.3) is 0 Å². The Morgan fingerprint density at radius 2 is 1.88 bits per heavy atom. The van der Waals surface area contributed by atoms with Gasteiger partial charge in [-0.05, 0) is 42.7 Å². The molecule has 33 heavy (non-hydrogen) atoms. The van der Waals surface area contributed by atoms with Crippen LogP contribution in [0.1, 0.15) is 27.4 Å². The molecule has 1 atom stereocenters. The van der Waals surface area contributed by atoms with Crippen LogP contribution < -0.4 is 0 Å². The minimum Gasteiger partial charge on any atom is -0.481 e. The Labute approximate surface area is 189 Å². The van der Waals surface area contributed by atoms with E-state index in [2.05, 4.69) is 25.4 Å². The highest BCUT2D eigenvalue weighted by molar-refractivity contribution is 7.15. The number of carboxylic acids is 1. The molecule has 1 aromatic carbocycles. The van der Waals surface area contributed by atoms with E-state index < -0.39 is 23.5 Å². The van der Waals surface area contributed by atoms with Gasteiger partial charge in [0.1, 0.15) is 28.9 Å². The van der Waals surface area contributed by atoms with Crippen LogP contribution in [0.5, 0.6) is 0 Å². The van der Waals surface area contributed by atoms with Crippen molar-refractivity contribution in [3.8, 4) is 16.5 Å². The van der Waals surface area contributed by atoms with Gasteiger partial charge >= 0.3 is 5.97 Å². The van der Waals surface area contributed by atoms with Crippen molar-refractivity contribution in [2.45, 2.75) is 19.4 Å². The van der Waals surface area contributed by atoms with Crippen molar-refractivity contribution in [3.63, 3.8) is 0 Å². The maximum absolute atomic E-state index is 14.9. The number of thiophene rings is 1. The lowest BCUT2D eigenvalue weighted by Crippen LogP contribution is -2.16. The maximum Gasteiger partial charge on any atom is 0.307 e. The Morgan fingerprint density at radius 1 is 1.06 bits per heavy atom. The summed E-state index contributed by atoms with van der Waals surface area (Å²) in [5.74, 6) is -2.05. The smallest absolute Gasteiger partial charge is 0.307 e. The number of aromatic nitrogens is 5. The third-order valence-electron chi connectivity index (χ3n) is 5.85. The normalized spacial score (nSPS) is 16.5. The summed E-state index contributed by atoms with van der Waals surface area (Å²) in [6, 6.07) is 7.14. The summed E-state index contributed by atoms with van der Waals surface area (Å²) in [6.45, 7) is 0.0366. The van der Waals surface area contributed by atoms with Crippen LogP contribution in [0.15, 0.2) is 41.5 Å². The molecule has 0 amide bonds. The number of aliphatic imine (C=N–C) groups is 1. The second-order valence-electron chi connectivity index (χ2n) is 7.77. The number of aliphatic carboxylic acids is 1. The molecule has 0 fully saturated rings. The molecule has 3 aromatic heterocycles. The number of fused-ring (bicyclic) bond motifs is 5. The van der Waals surface area contributed by atoms with Crippen molar-refractivity contribution in [2.24, 2.45) is 10.9 Å². The van der Waals surface area contributed by atoms with Crippen molar-refractivity contribution < 1.29 is 18.7 Å². The van der Waals surface area contributed by atoms with Gasteiger partial charge in [-0.2, -0.15) is 5.10 Å². The van der Waals surface area contributed by atoms with Crippen molar-refractivity contribution in [1.82, 2.24) is 25.0 Å². The van der Waals surface area contributed by atoms with Gasteiger partial charge in [-0.15, -0.1) is 26.6 Å². The van der Waals surface area contributed by atoms with Crippen molar-refractivity contribution >= 4 is 23.0 Å². The van der Waals surface area contributed by atoms with Gasteiger partial charge in [0, 0.05) is 16.6 Å². The fourth-order valence-electron chi connectivity index (χ4n) is 4.37. The SMILES string of the molecule is O=C(O)C1Cc2sc3c(c2C1)C(c1c(F)cccc1F)=NCc1nnc(-c2cccnn2)n1-3. The summed E-state index contributed by atoms with van der Waals surface area (Å²) in [7, 11) is 0. The first-order valence-electron chi connectivity index (χ1n) is 10.1. The van der Waals surface area contributed by atoms with Gasteiger partial charge < -0.3 is 5.11 Å². The fourth-order valence-corrected chi connectivity index (χ4v) is 5.80. The molecular weight excluding hydrogens is 450 g/mol. The number of rotatable bonds is 3. The van der Waals surface area contributed by atoms with Crippen molar-refractivity contribution in [1.29, 1.82) is 0 Å². The first-order valence-corrected chi connectivity index (χ1v) is 10.9. The molecule has 6 rings (SSSR count). The molecule has 0 spiro atoms. The zero-order valence-corrected chi connectivity index (χ0v) is 17.7. The average molecular weight is 464 g/mol. The molecule has 8 nitrogen and oxygen atoms in total. The minimum absolute atomic E-state index is 0.0366. The number of hydrogen-bond donors (Lipinski definition) is 1. The van der Waals surface area contributed by atoms with Gasteiger partial charge in [0.2, 0.25) is 0 Å². The number of hydrogen-bond acceptors (Lipinski definition) is 7. The molecule has 1 unspecified atom stereocenters. The summed E-state index contributed by atoms with van der Waals surface area (Å²) in [4.78, 5) is 17.1. The van der Waals surface area contributed by atoms with E-state index in [4.69, 9.17) is 0 Å². The molecule has 0 bridgehead atoms. The first kappa shape index (κ1) is 19.8. The monoisotopic (exact) mass is 464 g/mol. The van der Waals surface area contributed by atoms with E-state index >= 15 is 0 Å². The molecule has 4 aromatic rings. The summed E-state index contributed by atoms with van der Waals surface area (Å²) < 4.78 is 31.5. The third-order valence-corrected chi connectivity index (χ3v) is 7.09. The van der Waals surface area contributed by atoms with E-state index in [0.717, 1.165) is 10.4 Å². The maximum atomic E-state index is 14.9. The Kier molecular flexibility index (Phi) is 4.40. The largest absolute Gasteiger partial charge is 0.481 e. The zero-order valence-electron chi connectivity index (χ0n) is 16.9. The van der Waals surface area contributed by atoms with Gasteiger partial charge in [-0.3, -0.25) is 14.4 Å². The lowest BCUT2D eigenvalue weighted by atomic mass is 9.97. The molecule has 1 N–H and O–H groups in total. The highest BCUT2D eigenvalue weighted by Crippen LogP contribution is 2.44. The van der Waals surface area contributed by atoms with E-state index in [-0.39, 0.29) is 24.2 Å². The quantitative estimate of drug-likeness (QED) is 0.499. The molecule has 0 saturated heterocycles. The number of carboxylic acid groups (broad SMARTS) is 1. The Hall–Kier alpha value is -3.86. The van der Waals surface area contributed by atoms with Crippen LogP contribution in [0.2, 0.25) is 0 Å². The van der Waals surface area contributed by atoms with Gasteiger partial charge in [-0.25, -0.2) is 8.78 Å². The lowest BCUT2D eigenvalue weighted by molar-refractivity contribution is -0.141. The van der Waals surface area contributed by atoms with Gasteiger partial charge in [0.15, 0.2) is 11.6 Å². The molecule has 0 radical (unpaired) electrons. The number of halogens is 2. The molecule has 2 aliphatic rings. The first-order chi connectivity index (χ1) is 16.0. The summed E-state index contributed by atoms with van der Waals surface area (Å²) in [5.41, 5.74) is 1.67. The number of benzene rings is 1. The van der Waals surface area contributed by atoms with Crippen LogP contribution in [0.4, 0.5) is 8.78 Å². The second-order valence-corrected chi connectivity index (χ2v) is 8.86. The van der Waals surface area contributed by atoms with Crippen molar-refractivity contribution in [3.05, 3.63) is 75.6 Å². The van der Waals surface area contributed by atoms with E-state index in [1.54, 1.807) is 22.9 Å². The van der Waals surface area contributed by atoms with Crippen LogP contribution in [0.3, 0.4) is 0 Å². The summed E-state index contributed by atoms with van der Waals surface area (Å²) >= 11 is 1.37. The predicted molar refractivity (Wildman–Crippen MR) is 114 cm³/mol. The zero-order chi connectivity index (χ0) is 22.7. The molecule has 1 aliphatic heterocycles. The van der Waals surface area contributed by atoms with Gasteiger partial charge in [-0.1, -0.05) is 6.07 Å². The standard InChI is InChI=1S/C22H14F2N6O2S/c23-12-3-1-4-13(24)18(12)19-17-11-7-10(22(31)32)8-15(11)33-21(17)30-16(9-25-19)28-29-20(30)14-5-2-6-26-27-14/h1-6,10H,7-9H2,(H,31,32). The molecule has 0 saturated carbocycles. The molecule has 164 valence electrons. The summed E-state index contributed by atoms with van der Waals surface area (Å²) in [6.07, 6.45) is 2.14. The third kappa shape index (κ3) is 2.99. The Bertz CT molecular complexity index is 1440. The fraction of sp³-hybridized carbons (Fsp3) is 0.182. The number of carbonyl (C=O) groups is 1. The highest BCUT2D eigenvalue weighted by Gasteiger charge is 2.38. The highest BCUT2D eigenvalue weighted by atomic mass is 32.1. The minimum atomic E-state index is -0.901. The van der Waals surface area contributed by atoms with Crippen LogP contribution in [0.25, 0.3) is 16.5 Å². The Balaban J connectivity index is 1.63. The van der Waals surface area contributed by atoms with E-state index in [1.165, 1.54) is 29.5 Å². The second kappa shape index (κ2) is 7.34. The van der Waals surface area contributed by atoms with Crippen LogP contribution in [-0.4, -0.2) is 41.7 Å². The van der Waals surface area contributed by atoms with E-state index in [0.29, 0.717) is 34.3 Å². The Morgan fingerprint density at radius 3 is 2.61 bits per heavy atom. The molecule has 1 aliphatic carbocycles. The van der Waals surface area contributed by atoms with E-state index in [1.807, 2.05) is 0 Å². The average Bonchev–Trinajstić information content (AvgIpc) is 3.47. The van der Waals surface area contributed by atoms with Crippen LogP contribution in [0, 0.1) is 17.6 Å². The summed E-state index contributed by atoms with van der Waals surface area (Å²) in [5, 5.41) is 26.8. The van der Waals surface area contributed by atoms with Crippen LogP contribution >= 0.6 is 11.3 Å².